The molecular formula is C34H27N7O15S3. The van der Waals surface area contributed by atoms with Gasteiger partial charge in [0.1, 0.15) is 55.1 Å². The molecule has 0 radical (unpaired) electrons. The Hall–Kier alpha value is -6.65. The number of azo groups is 3. The molecule has 0 saturated carbocycles. The number of rotatable bonds is 11. The molecule has 22 nitrogen and oxygen atoms in total. The normalized spacial score (nSPS) is 13.3. The number of aromatic carboxylic acids is 2. The topological polar surface area (TPSA) is 391 Å². The van der Waals surface area contributed by atoms with Crippen LogP contribution in [0.2, 0.25) is 0 Å². The number of anilines is 1. The van der Waals surface area contributed by atoms with Crippen LogP contribution in [0.3, 0.4) is 0 Å². The van der Waals surface area contributed by atoms with Crippen molar-refractivity contribution in [3.8, 4) is 11.5 Å². The van der Waals surface area contributed by atoms with Gasteiger partial charge in [0.05, 0.1) is 37.7 Å². The smallest absolute Gasteiger partial charge is 0.337 e. The number of carboxylic acid groups (broad SMARTS) is 2. The van der Waals surface area contributed by atoms with Crippen LogP contribution < -0.4 is 5.73 Å². The highest BCUT2D eigenvalue weighted by Gasteiger charge is 2.31. The average molecular weight is 870 g/mol. The van der Waals surface area contributed by atoms with E-state index in [1.807, 2.05) is 0 Å². The van der Waals surface area contributed by atoms with Crippen molar-refractivity contribution in [1.82, 2.24) is 0 Å². The lowest BCUT2D eigenvalue weighted by molar-refractivity contribution is 0.0687. The van der Waals surface area contributed by atoms with Gasteiger partial charge in [0.2, 0.25) is 0 Å². The third-order valence-electron chi connectivity index (χ3n) is 8.28. The second-order valence-corrected chi connectivity index (χ2v) is 16.4. The largest absolute Gasteiger partial charge is 0.505 e. The number of carbonyl (C=O) groups is 2. The number of carboxylic acids is 2. The van der Waals surface area contributed by atoms with E-state index in [1.165, 1.54) is 60.7 Å². The summed E-state index contributed by atoms with van der Waals surface area (Å²) < 4.78 is 96.8. The minimum Gasteiger partial charge on any atom is -0.505 e. The Labute approximate surface area is 333 Å². The molecule has 25 heteroatoms. The van der Waals surface area contributed by atoms with Crippen molar-refractivity contribution in [2.24, 2.45) is 30.7 Å². The van der Waals surface area contributed by atoms with Gasteiger partial charge >= 0.3 is 11.9 Å². The quantitative estimate of drug-likeness (QED) is 0.0327. The van der Waals surface area contributed by atoms with Gasteiger partial charge in [-0.05, 0) is 66.0 Å². The predicted octanol–water partition coefficient (Wildman–Crippen LogP) is 10.0. The summed E-state index contributed by atoms with van der Waals surface area (Å²) in [7, 11) is -14.8. The first kappa shape index (κ1) is 42.0. The molecular weight excluding hydrogens is 843 g/mol. The minimum absolute atomic E-state index is 0.0474. The molecule has 6 aromatic rings. The standard InChI is InChI=1S/C34H27N7O15S3/c35-28-23(39-37-21-7-3-1-5-18(21)33(44)45)14-24(57(48,49)50)20-13-26(59(54,55)56)30(32(43)27(20)28)40-36-16-9-10-17-15(11-16)12-25(58(51,52)53)29(31(17)42)41-38-22-8-4-2-6-19(22)34(46)47/h1-14,42-43,51-56H,35H2,(H,44,45)(H,46,47)(H,48,49,50). The van der Waals surface area contributed by atoms with E-state index in [1.54, 1.807) is 0 Å². The fourth-order valence-electron chi connectivity index (χ4n) is 5.62. The highest BCUT2D eigenvalue weighted by molar-refractivity contribution is 8.19. The molecule has 6 rings (SSSR count). The number of fused-ring (bicyclic) bond motifs is 2. The summed E-state index contributed by atoms with van der Waals surface area (Å²) >= 11 is 0. The van der Waals surface area contributed by atoms with Crippen molar-refractivity contribution in [2.75, 3.05) is 5.73 Å². The molecule has 306 valence electrons. The van der Waals surface area contributed by atoms with Crippen LogP contribution in [-0.4, -0.2) is 72.7 Å². The summed E-state index contributed by atoms with van der Waals surface area (Å²) in [5.41, 5.74) is 2.52. The van der Waals surface area contributed by atoms with Gasteiger partial charge in [-0.15, -0.1) is 25.6 Å². The number of hydrogen-bond acceptors (Lipinski definition) is 19. The Kier molecular flexibility index (Phi) is 11.1. The van der Waals surface area contributed by atoms with Gasteiger partial charge in [-0.25, -0.2) is 9.59 Å². The molecule has 0 bridgehead atoms. The van der Waals surface area contributed by atoms with Gasteiger partial charge in [0, 0.05) is 10.8 Å². The highest BCUT2D eigenvalue weighted by atomic mass is 32.3. The predicted molar refractivity (Wildman–Crippen MR) is 212 cm³/mol. The maximum Gasteiger partial charge on any atom is 0.337 e. The molecule has 0 heterocycles. The Morgan fingerprint density at radius 1 is 0.525 bits per heavy atom. The van der Waals surface area contributed by atoms with Gasteiger partial charge in [0.25, 0.3) is 10.1 Å². The summed E-state index contributed by atoms with van der Waals surface area (Å²) in [6, 6.07) is 16.6. The lowest BCUT2D eigenvalue weighted by Gasteiger charge is -2.23. The van der Waals surface area contributed by atoms with E-state index in [0.717, 1.165) is 12.1 Å². The number of phenols is 2. The Bertz CT molecular complexity index is 2950. The van der Waals surface area contributed by atoms with Gasteiger partial charge in [0.15, 0.2) is 11.5 Å². The summed E-state index contributed by atoms with van der Waals surface area (Å²) in [4.78, 5) is 20.5. The van der Waals surface area contributed by atoms with E-state index < -0.39 is 104 Å². The van der Waals surface area contributed by atoms with E-state index in [-0.39, 0.29) is 39.0 Å². The Balaban J connectivity index is 1.51. The summed E-state index contributed by atoms with van der Waals surface area (Å²) in [5.74, 6) is -4.62. The molecule has 0 atom stereocenters. The van der Waals surface area contributed by atoms with E-state index in [9.17, 15) is 70.3 Å². The number of nitrogen functional groups attached to an aromatic ring is 1. The van der Waals surface area contributed by atoms with Crippen molar-refractivity contribution in [3.63, 3.8) is 0 Å². The number of phenolic OH excluding ortho intramolecular Hbond substituents is 2. The Morgan fingerprint density at radius 2 is 1.02 bits per heavy atom. The lowest BCUT2D eigenvalue weighted by atomic mass is 10.0. The van der Waals surface area contributed by atoms with Gasteiger partial charge in [-0.2, -0.15) is 13.5 Å². The van der Waals surface area contributed by atoms with Crippen LogP contribution in [-0.2, 0) is 10.1 Å². The van der Waals surface area contributed by atoms with Crippen molar-refractivity contribution < 1.29 is 70.3 Å². The minimum atomic E-state index is -5.25. The molecule has 0 aliphatic heterocycles. The van der Waals surface area contributed by atoms with Gasteiger partial charge < -0.3 is 53.5 Å². The van der Waals surface area contributed by atoms with Crippen LogP contribution in [0.15, 0.2) is 130 Å². The maximum absolute atomic E-state index is 12.5. The average Bonchev–Trinajstić information content (AvgIpc) is 3.15. The van der Waals surface area contributed by atoms with Crippen LogP contribution in [0.1, 0.15) is 20.7 Å². The van der Waals surface area contributed by atoms with Crippen molar-refractivity contribution in [3.05, 3.63) is 96.1 Å². The summed E-state index contributed by atoms with van der Waals surface area (Å²) in [6.45, 7) is 0. The summed E-state index contributed by atoms with van der Waals surface area (Å²) in [5, 5.41) is 63.1. The first-order chi connectivity index (χ1) is 27.6. The molecule has 0 aliphatic rings. The molecule has 0 spiro atoms. The lowest BCUT2D eigenvalue weighted by Crippen LogP contribution is -2.03. The zero-order valence-corrected chi connectivity index (χ0v) is 31.6. The fourth-order valence-corrected chi connectivity index (χ4v) is 7.67. The highest BCUT2D eigenvalue weighted by Crippen LogP contribution is 2.57. The SMILES string of the molecule is Nc1c(N=Nc2ccccc2C(=O)O)cc(S(=O)(=O)O)c2cc(S(O)(O)O)c(N=Nc3ccc4c(O)c(N=Nc5ccccc5C(=O)O)c(S(O)(O)O)cc4c3)c(O)c12. The summed E-state index contributed by atoms with van der Waals surface area (Å²) in [6.07, 6.45) is 0. The molecule has 0 aromatic heterocycles. The van der Waals surface area contributed by atoms with E-state index >= 15 is 0 Å². The number of nitrogens with two attached hydrogens (primary N) is 1. The molecule has 0 amide bonds. The third kappa shape index (κ3) is 8.49. The van der Waals surface area contributed by atoms with Crippen LogP contribution in [0, 0.1) is 0 Å². The van der Waals surface area contributed by atoms with E-state index in [4.69, 9.17) is 5.73 Å². The second kappa shape index (κ2) is 15.6. The van der Waals surface area contributed by atoms with Crippen molar-refractivity contribution >= 4 is 105 Å². The van der Waals surface area contributed by atoms with Gasteiger partial charge in [-0.3, -0.25) is 4.55 Å². The van der Waals surface area contributed by atoms with Crippen molar-refractivity contribution in [1.29, 1.82) is 0 Å². The van der Waals surface area contributed by atoms with Gasteiger partial charge in [-0.1, -0.05) is 24.3 Å². The van der Waals surface area contributed by atoms with E-state index in [2.05, 4.69) is 30.7 Å². The zero-order chi connectivity index (χ0) is 43.2. The molecule has 13 N–H and O–H groups in total. The maximum atomic E-state index is 12.5. The van der Waals surface area contributed by atoms with Crippen LogP contribution in [0.25, 0.3) is 21.5 Å². The monoisotopic (exact) mass is 869 g/mol. The number of hydrogen-bond donors (Lipinski definition) is 12. The third-order valence-corrected chi connectivity index (χ3v) is 11.0. The van der Waals surface area contributed by atoms with Crippen LogP contribution >= 0.6 is 21.7 Å². The second-order valence-electron chi connectivity index (χ2n) is 12.0. The first-order valence-electron chi connectivity index (χ1n) is 15.9. The Morgan fingerprint density at radius 3 is 1.56 bits per heavy atom. The molecule has 59 heavy (non-hydrogen) atoms. The number of benzene rings is 6. The molecule has 0 unspecified atom stereocenters. The molecule has 0 fully saturated rings. The molecule has 0 aliphatic carbocycles. The number of aromatic hydroxyl groups is 2. The number of nitrogens with zero attached hydrogens (tertiary/aromatic N) is 6. The van der Waals surface area contributed by atoms with Crippen molar-refractivity contribution in [2.45, 2.75) is 14.7 Å². The fraction of sp³-hybridized carbons (Fsp3) is 0. The molecule has 0 saturated heterocycles. The molecule has 6 aromatic carbocycles. The van der Waals surface area contributed by atoms with Crippen LogP contribution in [0.4, 0.5) is 39.8 Å². The zero-order valence-electron chi connectivity index (χ0n) is 29.1. The van der Waals surface area contributed by atoms with E-state index in [0.29, 0.717) is 12.1 Å². The van der Waals surface area contributed by atoms with Crippen LogP contribution in [0.5, 0.6) is 11.5 Å². The first-order valence-corrected chi connectivity index (χ1v) is 20.3.